The Morgan fingerprint density at radius 2 is 1.45 bits per heavy atom. The van der Waals surface area contributed by atoms with Gasteiger partial charge in [0.2, 0.25) is 0 Å². The molecule has 2 unspecified atom stereocenters. The summed E-state index contributed by atoms with van der Waals surface area (Å²) < 4.78 is 0. The summed E-state index contributed by atoms with van der Waals surface area (Å²) in [4.78, 5) is 0. The smallest absolute Gasteiger partial charge is 0.0583 e. The van der Waals surface area contributed by atoms with Crippen molar-refractivity contribution in [1.29, 1.82) is 0 Å². The van der Waals surface area contributed by atoms with Crippen LogP contribution >= 0.6 is 38.3 Å². The summed E-state index contributed by atoms with van der Waals surface area (Å²) in [5.74, 6) is 8.17. The average molecular weight is 220 g/mol. The normalized spacial score (nSPS) is 10.7. The van der Waals surface area contributed by atoms with Crippen molar-refractivity contribution in [3.63, 3.8) is 0 Å². The maximum absolute atomic E-state index is 5.10. The Morgan fingerprint density at radius 3 is 1.82 bits per heavy atom. The molecule has 0 rings (SSSR count). The van der Waals surface area contributed by atoms with E-state index in [1.54, 1.807) is 0 Å². The van der Waals surface area contributed by atoms with Gasteiger partial charge in [-0.05, 0) is 0 Å². The van der Waals surface area contributed by atoms with Crippen LogP contribution in [0.1, 0.15) is 0 Å². The van der Waals surface area contributed by atoms with Crippen LogP contribution in [-0.4, -0.2) is 17.4 Å². The van der Waals surface area contributed by atoms with Crippen molar-refractivity contribution in [3.05, 3.63) is 0 Å². The fraction of sp³-hybridized carbons (Fsp3) is 0.429. The maximum Gasteiger partial charge on any atom is 0.0583 e. The zero-order valence-corrected chi connectivity index (χ0v) is 9.73. The lowest BCUT2D eigenvalue weighted by Crippen LogP contribution is -1.63. The Hall–Kier alpha value is 0.680. The second kappa shape index (κ2) is 10.7. The van der Waals surface area contributed by atoms with Crippen molar-refractivity contribution in [2.45, 2.75) is 0 Å². The van der Waals surface area contributed by atoms with E-state index >= 15 is 0 Å². The van der Waals surface area contributed by atoms with Crippen LogP contribution in [0, 0.1) is 24.7 Å². The highest BCUT2D eigenvalue weighted by atomic mass is 32.7. The molecule has 0 N–H and O–H groups in total. The van der Waals surface area contributed by atoms with Gasteiger partial charge in [0.25, 0.3) is 0 Å². The van der Waals surface area contributed by atoms with E-state index in [2.05, 4.69) is 11.8 Å². The predicted molar refractivity (Wildman–Crippen MR) is 64.1 cm³/mol. The first kappa shape index (κ1) is 11.7. The van der Waals surface area contributed by atoms with Gasteiger partial charge in [0.15, 0.2) is 0 Å². The van der Waals surface area contributed by atoms with Gasteiger partial charge in [-0.1, -0.05) is 27.4 Å². The highest BCUT2D eigenvalue weighted by Crippen LogP contribution is 2.41. The zero-order chi connectivity index (χ0) is 8.36. The molecular formula is C7H10P2S2. The molecule has 0 aliphatic rings. The van der Waals surface area contributed by atoms with E-state index in [1.165, 1.54) is 5.90 Å². The van der Waals surface area contributed by atoms with Crippen molar-refractivity contribution < 1.29 is 0 Å². The fourth-order valence-electron chi connectivity index (χ4n) is 0.317. The molecule has 0 aliphatic carbocycles. The lowest BCUT2D eigenvalue weighted by atomic mass is 10.8. The van der Waals surface area contributed by atoms with Crippen LogP contribution in [0.15, 0.2) is 0 Å². The topological polar surface area (TPSA) is 0 Å². The van der Waals surface area contributed by atoms with E-state index < -0.39 is 0 Å². The summed E-state index contributed by atoms with van der Waals surface area (Å²) in [5, 5.41) is 0. The van der Waals surface area contributed by atoms with Crippen molar-refractivity contribution in [2.75, 3.05) is 17.4 Å². The monoisotopic (exact) mass is 220 g/mol. The van der Waals surface area contributed by atoms with Crippen LogP contribution in [0.25, 0.3) is 0 Å². The molecule has 0 aromatic rings. The number of terminal acetylenes is 2. The van der Waals surface area contributed by atoms with Gasteiger partial charge in [-0.2, -0.15) is 0 Å². The molecule has 0 aromatic heterocycles. The standard InChI is InChI=1S/C7H10P2S2/c1-3-5-10-8-7-9-11-6-4-2/h1-2,8-9H,5-7H2. The molecule has 0 spiro atoms. The maximum atomic E-state index is 5.10. The molecule has 0 bridgehead atoms. The first-order valence-corrected chi connectivity index (χ1v) is 8.81. The number of rotatable bonds is 6. The molecule has 0 radical (unpaired) electrons. The van der Waals surface area contributed by atoms with Gasteiger partial charge in [0, 0.05) is 5.90 Å². The Balaban J connectivity index is 2.82. The lowest BCUT2D eigenvalue weighted by molar-refractivity contribution is 1.98. The molecule has 0 fully saturated rings. The first-order chi connectivity index (χ1) is 5.41. The van der Waals surface area contributed by atoms with Gasteiger partial charge >= 0.3 is 0 Å². The van der Waals surface area contributed by atoms with Gasteiger partial charge in [-0.15, -0.1) is 35.6 Å². The Kier molecular flexibility index (Phi) is 11.3. The third kappa shape index (κ3) is 10.7. The molecule has 0 amide bonds. The molecule has 2 atom stereocenters. The third-order valence-electron chi connectivity index (χ3n) is 0.659. The summed E-state index contributed by atoms with van der Waals surface area (Å²) in [6.45, 7) is 0. The predicted octanol–water partition coefficient (Wildman–Crippen LogP) is 2.86. The molecule has 0 saturated heterocycles. The van der Waals surface area contributed by atoms with Crippen LogP contribution in [0.4, 0.5) is 0 Å². The van der Waals surface area contributed by atoms with Crippen LogP contribution in [0.2, 0.25) is 0 Å². The SMILES string of the molecule is C#CCSPCPSCC#C. The fourth-order valence-corrected chi connectivity index (χ4v) is 6.81. The first-order valence-electron chi connectivity index (χ1n) is 2.98. The quantitative estimate of drug-likeness (QED) is 0.383. The molecule has 0 aromatic carbocycles. The van der Waals surface area contributed by atoms with E-state index in [0.29, 0.717) is 0 Å². The number of hydrogen-bond donors (Lipinski definition) is 0. The second-order valence-corrected chi connectivity index (χ2v) is 8.06. The molecular weight excluding hydrogens is 210 g/mol. The summed E-state index contributed by atoms with van der Waals surface area (Å²) in [7, 11) is 1.89. The van der Waals surface area contributed by atoms with Crippen LogP contribution in [0.5, 0.6) is 0 Å². The highest BCUT2D eigenvalue weighted by molar-refractivity contribution is 8.55. The van der Waals surface area contributed by atoms with Gasteiger partial charge < -0.3 is 0 Å². The summed E-state index contributed by atoms with van der Waals surface area (Å²) in [6.07, 6.45) is 10.2. The second-order valence-electron chi connectivity index (χ2n) is 1.45. The van der Waals surface area contributed by atoms with Crippen molar-refractivity contribution >= 4 is 38.3 Å². The van der Waals surface area contributed by atoms with E-state index in [9.17, 15) is 0 Å². The largest absolute Gasteiger partial charge is 0.124 e. The minimum atomic E-state index is 0.850. The molecule has 4 heteroatoms. The molecule has 0 heterocycles. The minimum absolute atomic E-state index is 0.850. The summed E-state index contributed by atoms with van der Waals surface area (Å²) in [5.41, 5.74) is 0. The molecule has 0 aliphatic heterocycles. The number of hydrogen-bond acceptors (Lipinski definition) is 2. The molecule has 11 heavy (non-hydrogen) atoms. The summed E-state index contributed by atoms with van der Waals surface area (Å²) in [6, 6.07) is 0. The Bertz CT molecular complexity index is 139. The van der Waals surface area contributed by atoms with Gasteiger partial charge in [0.1, 0.15) is 0 Å². The van der Waals surface area contributed by atoms with Gasteiger partial charge in [0.05, 0.1) is 11.5 Å². The van der Waals surface area contributed by atoms with Crippen LogP contribution in [0.3, 0.4) is 0 Å². The van der Waals surface area contributed by atoms with E-state index in [1.807, 2.05) is 22.8 Å². The average Bonchev–Trinajstić information content (AvgIpc) is 2.03. The highest BCUT2D eigenvalue weighted by Gasteiger charge is 1.87. The summed E-state index contributed by atoms with van der Waals surface area (Å²) >= 11 is 3.69. The zero-order valence-electron chi connectivity index (χ0n) is 6.09. The van der Waals surface area contributed by atoms with Crippen molar-refractivity contribution in [1.82, 2.24) is 0 Å². The van der Waals surface area contributed by atoms with Crippen molar-refractivity contribution in [2.24, 2.45) is 0 Å². The lowest BCUT2D eigenvalue weighted by Gasteiger charge is -1.96. The molecule has 60 valence electrons. The third-order valence-corrected chi connectivity index (χ3v) is 7.53. The van der Waals surface area contributed by atoms with Gasteiger partial charge in [-0.25, -0.2) is 0 Å². The molecule has 0 saturated carbocycles. The minimum Gasteiger partial charge on any atom is -0.124 e. The Labute approximate surface area is 80.5 Å². The van der Waals surface area contributed by atoms with Gasteiger partial charge in [-0.3, -0.25) is 0 Å². The van der Waals surface area contributed by atoms with E-state index in [-0.39, 0.29) is 0 Å². The van der Waals surface area contributed by atoms with Crippen LogP contribution < -0.4 is 0 Å². The van der Waals surface area contributed by atoms with E-state index in [4.69, 9.17) is 12.8 Å². The Morgan fingerprint density at radius 1 is 1.00 bits per heavy atom. The van der Waals surface area contributed by atoms with E-state index in [0.717, 1.165) is 27.1 Å². The van der Waals surface area contributed by atoms with Crippen molar-refractivity contribution in [3.8, 4) is 24.7 Å². The molecule has 0 nitrogen and oxygen atoms in total. The van der Waals surface area contributed by atoms with Crippen LogP contribution in [-0.2, 0) is 0 Å².